The number of methoxy groups -OCH3 is 1. The minimum absolute atomic E-state index is 0.00236. The zero-order valence-corrected chi connectivity index (χ0v) is 33.7. The number of aromatic nitrogens is 8. The van der Waals surface area contributed by atoms with Crippen molar-refractivity contribution in [2.75, 3.05) is 92.8 Å². The van der Waals surface area contributed by atoms with Crippen molar-refractivity contribution in [2.24, 2.45) is 11.8 Å². The summed E-state index contributed by atoms with van der Waals surface area (Å²) in [5.74, 6) is -1.22. The molecule has 0 amide bonds. The predicted molar refractivity (Wildman–Crippen MR) is 218 cm³/mol. The SMILES string of the molecule is COCCNc1cc(C(=O)O)ncn1.O=C(O)c1cc(N2CC[C@@H](CO)C2)ncn1.O=C(O)c1cc(N2CC[C@H](CO)C2)ncn1.O=C1CCN(c2cc(C(=O)O)ncn2)CC1. The van der Waals surface area contributed by atoms with Gasteiger partial charge in [-0.15, -0.1) is 0 Å². The number of piperidine rings is 1. The number of carboxylic acids is 4. The summed E-state index contributed by atoms with van der Waals surface area (Å²) in [5, 5.41) is 56.0. The van der Waals surface area contributed by atoms with E-state index in [0.29, 0.717) is 75.4 Å². The topological polar surface area (TPSA) is 341 Å². The van der Waals surface area contributed by atoms with Gasteiger partial charge in [0.05, 0.1) is 6.61 Å². The normalized spacial score (nSPS) is 16.8. The smallest absolute Gasteiger partial charge is 0.354 e. The summed E-state index contributed by atoms with van der Waals surface area (Å²) < 4.78 is 4.82. The van der Waals surface area contributed by atoms with Crippen LogP contribution in [0.1, 0.15) is 67.6 Å². The van der Waals surface area contributed by atoms with E-state index in [0.717, 1.165) is 25.9 Å². The van der Waals surface area contributed by atoms with E-state index in [1.165, 1.54) is 49.6 Å². The largest absolute Gasteiger partial charge is 0.477 e. The second-order valence-corrected chi connectivity index (χ2v) is 13.8. The molecular weight excluding hydrogens is 816 g/mol. The molecular formula is C38H48N12O12. The van der Waals surface area contributed by atoms with Gasteiger partial charge < -0.3 is 55.4 Å². The lowest BCUT2D eigenvalue weighted by molar-refractivity contribution is -0.119. The molecule has 332 valence electrons. The predicted octanol–water partition coefficient (Wildman–Crippen LogP) is 0.564. The lowest BCUT2D eigenvalue weighted by Crippen LogP contribution is -2.34. The zero-order valence-electron chi connectivity index (χ0n) is 33.7. The molecule has 7 rings (SSSR count). The van der Waals surface area contributed by atoms with Crippen LogP contribution in [0, 0.1) is 11.8 Å². The molecule has 3 aliphatic rings. The Hall–Kier alpha value is -7.05. The Bertz CT molecular complexity index is 2050. The molecule has 4 aromatic heterocycles. The Labute approximate surface area is 354 Å². The van der Waals surface area contributed by atoms with Crippen molar-refractivity contribution in [1.29, 1.82) is 0 Å². The minimum Gasteiger partial charge on any atom is -0.477 e. The van der Waals surface area contributed by atoms with E-state index >= 15 is 0 Å². The van der Waals surface area contributed by atoms with E-state index in [1.807, 2.05) is 14.7 Å². The quantitative estimate of drug-likeness (QED) is 0.0903. The molecule has 0 unspecified atom stereocenters. The number of carboxylic acid groups (broad SMARTS) is 4. The van der Waals surface area contributed by atoms with Crippen LogP contribution in [0.2, 0.25) is 0 Å². The molecule has 0 spiro atoms. The number of Topliss-reactive ketones (excluding diaryl/α,β-unsaturated/α-hetero) is 1. The molecule has 4 aromatic rings. The van der Waals surface area contributed by atoms with Crippen LogP contribution in [0.25, 0.3) is 0 Å². The molecule has 3 saturated heterocycles. The number of nitrogens with zero attached hydrogens (tertiary/aromatic N) is 11. The van der Waals surface area contributed by atoms with Crippen molar-refractivity contribution >= 4 is 52.9 Å². The van der Waals surface area contributed by atoms with Gasteiger partial charge in [-0.1, -0.05) is 0 Å². The standard InChI is InChI=1S/C10H11N3O3.2C10H13N3O3.C8H11N3O3/c14-7-1-3-13(4-2-7)9-5-8(10(15)16)11-6-12-9;2*14-5-7-1-2-13(4-7)9-3-8(10(15)16)11-6-12-9;1-14-3-2-9-7-4-6(8(12)13)10-5-11-7/h5-6H,1-4H2,(H,15,16);2*3,6-7,14H,1-2,4-5H2,(H,15,16);4-5H,2-3H2,1H3,(H,12,13)(H,9,10,11)/t;2*7-;/m.10./s1. The Morgan fingerprint density at radius 3 is 1.35 bits per heavy atom. The van der Waals surface area contributed by atoms with Crippen molar-refractivity contribution in [1.82, 2.24) is 39.9 Å². The fraction of sp³-hybridized carbons (Fsp3) is 0.447. The minimum atomic E-state index is -1.07. The molecule has 24 nitrogen and oxygen atoms in total. The van der Waals surface area contributed by atoms with Gasteiger partial charge in [0.25, 0.3) is 0 Å². The first-order valence-electron chi connectivity index (χ1n) is 19.2. The number of hydrogen-bond acceptors (Lipinski definition) is 20. The van der Waals surface area contributed by atoms with E-state index < -0.39 is 23.9 Å². The van der Waals surface area contributed by atoms with Crippen molar-refractivity contribution in [3.63, 3.8) is 0 Å². The van der Waals surface area contributed by atoms with E-state index in [9.17, 15) is 24.0 Å². The van der Waals surface area contributed by atoms with E-state index in [4.69, 9.17) is 35.4 Å². The van der Waals surface area contributed by atoms with E-state index in [-0.39, 0.29) is 53.6 Å². The Morgan fingerprint density at radius 2 is 0.984 bits per heavy atom. The van der Waals surface area contributed by atoms with Gasteiger partial charge in [0.1, 0.15) is 54.4 Å². The summed E-state index contributed by atoms with van der Waals surface area (Å²) in [4.78, 5) is 90.1. The van der Waals surface area contributed by atoms with Crippen LogP contribution in [0.5, 0.6) is 0 Å². The number of anilines is 4. The van der Waals surface area contributed by atoms with Gasteiger partial charge >= 0.3 is 23.9 Å². The molecule has 7 N–H and O–H groups in total. The Morgan fingerprint density at radius 1 is 0.597 bits per heavy atom. The van der Waals surface area contributed by atoms with Gasteiger partial charge in [-0.25, -0.2) is 59.0 Å². The zero-order chi connectivity index (χ0) is 45.0. The van der Waals surface area contributed by atoms with Gasteiger partial charge in [0.2, 0.25) is 0 Å². The highest BCUT2D eigenvalue weighted by molar-refractivity contribution is 5.87. The third kappa shape index (κ3) is 14.9. The number of rotatable bonds is 13. The number of carbonyl (C=O) groups is 5. The first-order chi connectivity index (χ1) is 29.8. The van der Waals surface area contributed by atoms with Gasteiger partial charge in [-0.2, -0.15) is 0 Å². The summed E-state index contributed by atoms with van der Waals surface area (Å²) in [7, 11) is 1.59. The van der Waals surface area contributed by atoms with Crippen molar-refractivity contribution in [2.45, 2.75) is 25.7 Å². The molecule has 0 radical (unpaired) electrons. The third-order valence-corrected chi connectivity index (χ3v) is 9.49. The summed E-state index contributed by atoms with van der Waals surface area (Å²) in [6.45, 7) is 5.63. The summed E-state index contributed by atoms with van der Waals surface area (Å²) in [5.41, 5.74) is -0.0586. The molecule has 7 heterocycles. The number of aromatic carboxylic acids is 4. The first-order valence-corrected chi connectivity index (χ1v) is 19.2. The van der Waals surface area contributed by atoms with Gasteiger partial charge in [-0.3, -0.25) is 4.79 Å². The third-order valence-electron chi connectivity index (χ3n) is 9.49. The molecule has 2 atom stereocenters. The molecule has 0 aromatic carbocycles. The van der Waals surface area contributed by atoms with Crippen molar-refractivity contribution in [3.8, 4) is 0 Å². The van der Waals surface area contributed by atoms with Crippen LogP contribution in [0.15, 0.2) is 49.6 Å². The van der Waals surface area contributed by atoms with Crippen LogP contribution in [0.4, 0.5) is 23.3 Å². The van der Waals surface area contributed by atoms with E-state index in [2.05, 4.69) is 45.2 Å². The monoisotopic (exact) mass is 864 g/mol. The lowest BCUT2D eigenvalue weighted by Gasteiger charge is -2.26. The Kier molecular flexibility index (Phi) is 18.6. The molecule has 24 heteroatoms. The highest BCUT2D eigenvalue weighted by atomic mass is 16.5. The van der Waals surface area contributed by atoms with Gasteiger partial charge in [0, 0.05) is 115 Å². The first kappa shape index (κ1) is 47.6. The number of aliphatic hydroxyl groups is 2. The molecule has 0 bridgehead atoms. The summed E-state index contributed by atoms with van der Waals surface area (Å²) in [6, 6.07) is 5.72. The number of ether oxygens (including phenoxy) is 1. The maximum Gasteiger partial charge on any atom is 0.354 e. The van der Waals surface area contributed by atoms with Gasteiger partial charge in [0.15, 0.2) is 22.8 Å². The number of aliphatic hydroxyl groups excluding tert-OH is 2. The molecule has 62 heavy (non-hydrogen) atoms. The summed E-state index contributed by atoms with van der Waals surface area (Å²) in [6.07, 6.45) is 7.74. The summed E-state index contributed by atoms with van der Waals surface area (Å²) >= 11 is 0. The van der Waals surface area contributed by atoms with Gasteiger partial charge in [-0.05, 0) is 12.8 Å². The highest BCUT2D eigenvalue weighted by Gasteiger charge is 2.25. The fourth-order valence-electron chi connectivity index (χ4n) is 6.13. The van der Waals surface area contributed by atoms with Crippen molar-refractivity contribution in [3.05, 3.63) is 72.4 Å². The maximum absolute atomic E-state index is 11.1. The lowest BCUT2D eigenvalue weighted by atomic mass is 10.1. The Balaban J connectivity index is 0.000000182. The number of nitrogens with one attached hydrogen (secondary N) is 1. The maximum atomic E-state index is 11.1. The second-order valence-electron chi connectivity index (χ2n) is 13.8. The highest BCUT2D eigenvalue weighted by Crippen LogP contribution is 2.23. The van der Waals surface area contributed by atoms with Crippen LogP contribution in [0.3, 0.4) is 0 Å². The second kappa shape index (κ2) is 24.3. The molecule has 3 fully saturated rings. The molecule has 0 saturated carbocycles. The van der Waals surface area contributed by atoms with Crippen LogP contribution in [-0.4, -0.2) is 173 Å². The van der Waals surface area contributed by atoms with Crippen molar-refractivity contribution < 1.29 is 59.3 Å². The van der Waals surface area contributed by atoms with Crippen LogP contribution >= 0.6 is 0 Å². The molecule has 3 aliphatic heterocycles. The fourth-order valence-corrected chi connectivity index (χ4v) is 6.13. The number of ketones is 1. The number of hydrogen-bond donors (Lipinski definition) is 7. The number of carbonyl (C=O) groups excluding carboxylic acids is 1. The average Bonchev–Trinajstić information content (AvgIpc) is 3.99. The molecule has 0 aliphatic carbocycles. The van der Waals surface area contributed by atoms with E-state index in [1.54, 1.807) is 7.11 Å². The van der Waals surface area contributed by atoms with Crippen LogP contribution in [-0.2, 0) is 9.53 Å². The van der Waals surface area contributed by atoms with Crippen LogP contribution < -0.4 is 20.0 Å². The average molecular weight is 865 g/mol.